The molecule has 1 heterocycles. The van der Waals surface area contributed by atoms with E-state index in [0.717, 1.165) is 31.2 Å². The molecule has 6 heteroatoms. The Morgan fingerprint density at radius 2 is 1.83 bits per heavy atom. The molecule has 1 N–H and O–H groups in total. The smallest absolute Gasteiger partial charge is 0.243 e. The second-order valence-corrected chi connectivity index (χ2v) is 9.67. The normalized spacial score (nSPS) is 17.8. The molecular formula is C23H30N2O3S. The summed E-state index contributed by atoms with van der Waals surface area (Å²) in [6.45, 7) is 3.50. The molecule has 2 aromatic carbocycles. The lowest BCUT2D eigenvalue weighted by atomic mass is 9.94. The van der Waals surface area contributed by atoms with Crippen LogP contribution in [0.4, 0.5) is 0 Å². The van der Waals surface area contributed by atoms with Gasteiger partial charge in [-0.25, -0.2) is 8.42 Å². The van der Waals surface area contributed by atoms with Gasteiger partial charge in [-0.3, -0.25) is 4.79 Å². The molecule has 1 amide bonds. The van der Waals surface area contributed by atoms with Crippen molar-refractivity contribution < 1.29 is 13.2 Å². The monoisotopic (exact) mass is 414 g/mol. The highest BCUT2D eigenvalue weighted by Crippen LogP contribution is 2.27. The van der Waals surface area contributed by atoms with Crippen LogP contribution in [0.2, 0.25) is 0 Å². The summed E-state index contributed by atoms with van der Waals surface area (Å²) in [6, 6.07) is 17.2. The molecule has 1 atom stereocenters. The van der Waals surface area contributed by atoms with E-state index in [1.807, 2.05) is 37.3 Å². The van der Waals surface area contributed by atoms with Crippen molar-refractivity contribution in [2.45, 2.75) is 43.9 Å². The van der Waals surface area contributed by atoms with Crippen molar-refractivity contribution in [1.29, 1.82) is 0 Å². The van der Waals surface area contributed by atoms with Gasteiger partial charge in [0.25, 0.3) is 0 Å². The van der Waals surface area contributed by atoms with Gasteiger partial charge in [0, 0.05) is 26.1 Å². The van der Waals surface area contributed by atoms with Crippen LogP contribution in [0.1, 0.15) is 36.8 Å². The maximum Gasteiger partial charge on any atom is 0.243 e. The van der Waals surface area contributed by atoms with Crippen LogP contribution in [0.5, 0.6) is 0 Å². The maximum absolute atomic E-state index is 13.0. The molecule has 156 valence electrons. The van der Waals surface area contributed by atoms with Crippen LogP contribution in [0.15, 0.2) is 59.5 Å². The number of hydrogen-bond acceptors (Lipinski definition) is 3. The number of hydrogen-bond donors (Lipinski definition) is 1. The zero-order chi connectivity index (χ0) is 20.7. The van der Waals surface area contributed by atoms with Gasteiger partial charge in [-0.2, -0.15) is 4.31 Å². The average molecular weight is 415 g/mol. The second kappa shape index (κ2) is 10.0. The highest BCUT2D eigenvalue weighted by molar-refractivity contribution is 7.89. The molecular weight excluding hydrogens is 384 g/mol. The van der Waals surface area contributed by atoms with Crippen molar-refractivity contribution >= 4 is 15.9 Å². The molecule has 29 heavy (non-hydrogen) atoms. The van der Waals surface area contributed by atoms with Crippen molar-refractivity contribution in [3.05, 3.63) is 65.7 Å². The topological polar surface area (TPSA) is 66.5 Å². The minimum Gasteiger partial charge on any atom is -0.356 e. The number of piperidine rings is 1. The predicted octanol–water partition coefficient (Wildman–Crippen LogP) is 3.53. The fourth-order valence-electron chi connectivity index (χ4n) is 3.88. The molecule has 0 aliphatic carbocycles. The third-order valence-electron chi connectivity index (χ3n) is 5.55. The molecule has 0 aromatic heterocycles. The van der Waals surface area contributed by atoms with Gasteiger partial charge in [-0.05, 0) is 55.7 Å². The van der Waals surface area contributed by atoms with E-state index in [2.05, 4.69) is 17.4 Å². The number of carbonyl (C=O) groups is 1. The number of nitrogens with one attached hydrogen (secondary N) is 1. The van der Waals surface area contributed by atoms with Crippen LogP contribution < -0.4 is 5.32 Å². The largest absolute Gasteiger partial charge is 0.356 e. The zero-order valence-corrected chi connectivity index (χ0v) is 17.8. The van der Waals surface area contributed by atoms with E-state index >= 15 is 0 Å². The summed E-state index contributed by atoms with van der Waals surface area (Å²) in [7, 11) is -3.48. The van der Waals surface area contributed by atoms with Gasteiger partial charge in [0.05, 0.1) is 4.90 Å². The Bertz CT molecular complexity index is 913. The van der Waals surface area contributed by atoms with Crippen molar-refractivity contribution in [1.82, 2.24) is 9.62 Å². The van der Waals surface area contributed by atoms with Crippen LogP contribution in [0, 0.1) is 12.8 Å². The van der Waals surface area contributed by atoms with Crippen molar-refractivity contribution in [2.75, 3.05) is 19.6 Å². The third kappa shape index (κ3) is 5.90. The lowest BCUT2D eigenvalue weighted by molar-refractivity contribution is -0.121. The fourth-order valence-corrected chi connectivity index (χ4v) is 5.66. The molecule has 1 saturated heterocycles. The van der Waals surface area contributed by atoms with Gasteiger partial charge < -0.3 is 5.32 Å². The molecule has 0 radical (unpaired) electrons. The average Bonchev–Trinajstić information content (AvgIpc) is 2.73. The zero-order valence-electron chi connectivity index (χ0n) is 17.0. The first kappa shape index (κ1) is 21.5. The highest BCUT2D eigenvalue weighted by atomic mass is 32.2. The van der Waals surface area contributed by atoms with E-state index in [9.17, 15) is 13.2 Å². The highest BCUT2D eigenvalue weighted by Gasteiger charge is 2.31. The quantitative estimate of drug-likeness (QED) is 0.719. The Kier molecular flexibility index (Phi) is 7.45. The lowest BCUT2D eigenvalue weighted by Crippen LogP contribution is -2.40. The number of rotatable bonds is 8. The third-order valence-corrected chi connectivity index (χ3v) is 7.58. The Labute approximate surface area is 174 Å². The Morgan fingerprint density at radius 3 is 2.59 bits per heavy atom. The van der Waals surface area contributed by atoms with E-state index in [4.69, 9.17) is 0 Å². The minimum absolute atomic E-state index is 0.0415. The van der Waals surface area contributed by atoms with Gasteiger partial charge in [0.2, 0.25) is 15.9 Å². The molecule has 2 aromatic rings. The van der Waals surface area contributed by atoms with Crippen molar-refractivity contribution in [2.24, 2.45) is 5.92 Å². The minimum atomic E-state index is -3.48. The van der Waals surface area contributed by atoms with E-state index in [0.29, 0.717) is 31.0 Å². The number of nitrogens with zero attached hydrogens (tertiary/aromatic N) is 1. The SMILES string of the molecule is Cc1ccccc1S(=O)(=O)N1CCCC(CCC(=O)NCCc2ccccc2)C1. The summed E-state index contributed by atoms with van der Waals surface area (Å²) in [4.78, 5) is 12.6. The first-order chi connectivity index (χ1) is 14.0. The predicted molar refractivity (Wildman–Crippen MR) is 115 cm³/mol. The molecule has 0 bridgehead atoms. The van der Waals surface area contributed by atoms with Crippen LogP contribution in [-0.2, 0) is 21.2 Å². The van der Waals surface area contributed by atoms with Crippen LogP contribution in [-0.4, -0.2) is 38.3 Å². The summed E-state index contributed by atoms with van der Waals surface area (Å²) >= 11 is 0. The number of carbonyl (C=O) groups excluding carboxylic acids is 1. The number of aryl methyl sites for hydroxylation is 1. The first-order valence-corrected chi connectivity index (χ1v) is 11.8. The summed E-state index contributed by atoms with van der Waals surface area (Å²) in [5, 5.41) is 2.97. The molecule has 1 aliphatic rings. The van der Waals surface area contributed by atoms with E-state index < -0.39 is 10.0 Å². The summed E-state index contributed by atoms with van der Waals surface area (Å²) in [5.41, 5.74) is 1.98. The van der Waals surface area contributed by atoms with Crippen molar-refractivity contribution in [3.63, 3.8) is 0 Å². The Hall–Kier alpha value is -2.18. The number of sulfonamides is 1. The van der Waals surface area contributed by atoms with E-state index in [1.165, 1.54) is 5.56 Å². The van der Waals surface area contributed by atoms with Crippen molar-refractivity contribution in [3.8, 4) is 0 Å². The van der Waals surface area contributed by atoms with Gasteiger partial charge in [-0.1, -0.05) is 48.5 Å². The fraction of sp³-hybridized carbons (Fsp3) is 0.435. The first-order valence-electron chi connectivity index (χ1n) is 10.3. The van der Waals surface area contributed by atoms with Gasteiger partial charge >= 0.3 is 0 Å². The second-order valence-electron chi connectivity index (χ2n) is 7.76. The molecule has 5 nitrogen and oxygen atoms in total. The van der Waals surface area contributed by atoms with Crippen LogP contribution >= 0.6 is 0 Å². The number of benzene rings is 2. The Morgan fingerprint density at radius 1 is 1.10 bits per heavy atom. The Balaban J connectivity index is 1.47. The standard InChI is InChI=1S/C23H30N2O3S/c1-19-8-5-6-12-22(19)29(27,28)25-17-7-11-21(18-25)13-14-23(26)24-16-15-20-9-3-2-4-10-20/h2-6,8-10,12,21H,7,11,13-18H2,1H3,(H,24,26). The van der Waals surface area contributed by atoms with E-state index in [1.54, 1.807) is 16.4 Å². The molecule has 0 spiro atoms. The van der Waals surface area contributed by atoms with Gasteiger partial charge in [0.15, 0.2) is 0 Å². The molecule has 1 unspecified atom stereocenters. The molecule has 1 fully saturated rings. The summed E-state index contributed by atoms with van der Waals surface area (Å²) in [6.07, 6.45) is 3.79. The number of amides is 1. The molecule has 0 saturated carbocycles. The van der Waals surface area contributed by atoms with Gasteiger partial charge in [-0.15, -0.1) is 0 Å². The van der Waals surface area contributed by atoms with E-state index in [-0.39, 0.29) is 11.8 Å². The summed E-state index contributed by atoms with van der Waals surface area (Å²) in [5.74, 6) is 0.266. The van der Waals surface area contributed by atoms with Crippen LogP contribution in [0.3, 0.4) is 0 Å². The van der Waals surface area contributed by atoms with Crippen LogP contribution in [0.25, 0.3) is 0 Å². The maximum atomic E-state index is 13.0. The molecule has 3 rings (SSSR count). The van der Waals surface area contributed by atoms with Gasteiger partial charge in [0.1, 0.15) is 0 Å². The lowest BCUT2D eigenvalue weighted by Gasteiger charge is -2.32. The molecule has 1 aliphatic heterocycles. The summed E-state index contributed by atoms with van der Waals surface area (Å²) < 4.78 is 27.6.